The van der Waals surface area contributed by atoms with Gasteiger partial charge in [0.1, 0.15) is 0 Å². The molecule has 1 aliphatic carbocycles. The highest BCUT2D eigenvalue weighted by atomic mass is 127. The molecular formula is C24H25F3IN5O2S. The lowest BCUT2D eigenvalue weighted by Gasteiger charge is -2.46. The Morgan fingerprint density at radius 1 is 1.17 bits per heavy atom. The number of nitrogens with zero attached hydrogens (tertiary/aromatic N) is 3. The Hall–Kier alpha value is -2.24. The largest absolute Gasteiger partial charge is 0.416 e. The summed E-state index contributed by atoms with van der Waals surface area (Å²) in [5.74, 6) is 1.99. The molecule has 2 amide bonds. The molecule has 0 unspecified atom stereocenters. The zero-order valence-electron chi connectivity index (χ0n) is 19.2. The van der Waals surface area contributed by atoms with Crippen LogP contribution in [0.15, 0.2) is 36.7 Å². The SMILES string of the molecule is O=C(CNC(=O)c1cccc(C(F)(F)F)c1)NC1CN(C2CCC(n3cc(C#CSI)cn3)CC2)C1. The molecule has 7 nitrogen and oxygen atoms in total. The average Bonchev–Trinajstić information content (AvgIpc) is 3.32. The number of carbonyl (C=O) groups excluding carboxylic acids is 2. The van der Waals surface area contributed by atoms with Gasteiger partial charge in [0, 0.05) is 52.1 Å². The first kappa shape index (κ1) is 26.8. The third-order valence-electron chi connectivity index (χ3n) is 6.53. The molecule has 1 aliphatic heterocycles. The van der Waals surface area contributed by atoms with E-state index in [2.05, 4.69) is 53.0 Å². The second-order valence-corrected chi connectivity index (χ2v) is 10.6. The van der Waals surface area contributed by atoms with Gasteiger partial charge in [-0.2, -0.15) is 18.3 Å². The van der Waals surface area contributed by atoms with Crippen LogP contribution in [0.2, 0.25) is 0 Å². The number of likely N-dealkylation sites (tertiary alicyclic amines) is 1. The Morgan fingerprint density at radius 3 is 2.58 bits per heavy atom. The molecule has 0 spiro atoms. The topological polar surface area (TPSA) is 79.3 Å². The zero-order valence-corrected chi connectivity index (χ0v) is 22.2. The fraction of sp³-hybridized carbons (Fsp3) is 0.458. The number of carbonyl (C=O) groups is 2. The van der Waals surface area contributed by atoms with Crippen LogP contribution in [-0.4, -0.2) is 58.2 Å². The fourth-order valence-corrected chi connectivity index (χ4v) is 5.14. The molecule has 192 valence electrons. The second-order valence-electron chi connectivity index (χ2n) is 8.96. The molecule has 1 saturated carbocycles. The van der Waals surface area contributed by atoms with Gasteiger partial charge in [-0.3, -0.25) is 19.2 Å². The number of hydrogen-bond donors (Lipinski definition) is 2. The molecule has 2 fully saturated rings. The Morgan fingerprint density at radius 2 is 1.89 bits per heavy atom. The monoisotopic (exact) mass is 631 g/mol. The second kappa shape index (κ2) is 11.9. The molecule has 1 aromatic carbocycles. The third kappa shape index (κ3) is 6.95. The molecule has 0 atom stereocenters. The van der Waals surface area contributed by atoms with Crippen molar-refractivity contribution in [1.82, 2.24) is 25.3 Å². The number of rotatable bonds is 6. The molecule has 36 heavy (non-hydrogen) atoms. The van der Waals surface area contributed by atoms with Crippen molar-refractivity contribution < 1.29 is 22.8 Å². The van der Waals surface area contributed by atoms with Gasteiger partial charge in [0.25, 0.3) is 5.91 Å². The maximum absolute atomic E-state index is 12.8. The molecule has 0 radical (unpaired) electrons. The van der Waals surface area contributed by atoms with Gasteiger partial charge < -0.3 is 10.6 Å². The van der Waals surface area contributed by atoms with Crippen molar-refractivity contribution in [2.45, 2.75) is 50.0 Å². The molecule has 2 aromatic rings. The van der Waals surface area contributed by atoms with E-state index in [4.69, 9.17) is 0 Å². The van der Waals surface area contributed by atoms with Crippen LogP contribution < -0.4 is 10.6 Å². The summed E-state index contributed by atoms with van der Waals surface area (Å²) in [6.07, 6.45) is 3.47. The first-order chi connectivity index (χ1) is 17.2. The minimum absolute atomic E-state index is 0.00343. The van der Waals surface area contributed by atoms with E-state index in [0.717, 1.165) is 56.5 Å². The predicted molar refractivity (Wildman–Crippen MR) is 139 cm³/mol. The number of nitrogens with one attached hydrogen (secondary N) is 2. The number of amides is 2. The van der Waals surface area contributed by atoms with Gasteiger partial charge in [-0.25, -0.2) is 0 Å². The lowest BCUT2D eigenvalue weighted by atomic mass is 9.88. The van der Waals surface area contributed by atoms with Crippen molar-refractivity contribution in [3.05, 3.63) is 53.3 Å². The van der Waals surface area contributed by atoms with Crippen molar-refractivity contribution in [1.29, 1.82) is 0 Å². The van der Waals surface area contributed by atoms with Crippen LogP contribution in [0.4, 0.5) is 13.2 Å². The number of halogens is 4. The van der Waals surface area contributed by atoms with Crippen LogP contribution in [0.25, 0.3) is 0 Å². The highest BCUT2D eigenvalue weighted by Crippen LogP contribution is 2.33. The minimum Gasteiger partial charge on any atom is -0.349 e. The highest BCUT2D eigenvalue weighted by Gasteiger charge is 2.35. The van der Waals surface area contributed by atoms with Gasteiger partial charge in [0.2, 0.25) is 5.91 Å². The Balaban J connectivity index is 1.15. The molecule has 2 heterocycles. The first-order valence-electron chi connectivity index (χ1n) is 11.5. The summed E-state index contributed by atoms with van der Waals surface area (Å²) < 4.78 is 40.5. The van der Waals surface area contributed by atoms with Crippen molar-refractivity contribution >= 4 is 42.0 Å². The molecule has 2 N–H and O–H groups in total. The standard InChI is InChI=1S/C24H25F3IN5O2S/c25-24(26,27)18-3-1-2-17(10-18)23(35)29-12-22(34)31-19-14-32(15-19)20-4-6-21(7-5-20)33-13-16(11-30-33)8-9-36-28/h1-3,10-11,13,19-21H,4-7,12,14-15H2,(H,29,35)(H,31,34). The van der Waals surface area contributed by atoms with Crippen LogP contribution in [0.1, 0.15) is 53.2 Å². The maximum Gasteiger partial charge on any atom is 0.416 e. The van der Waals surface area contributed by atoms with E-state index in [1.807, 2.05) is 10.9 Å². The first-order valence-corrected chi connectivity index (χ1v) is 14.9. The summed E-state index contributed by atoms with van der Waals surface area (Å²) in [6.45, 7) is 1.21. The smallest absolute Gasteiger partial charge is 0.349 e. The van der Waals surface area contributed by atoms with Crippen molar-refractivity contribution in [3.8, 4) is 11.2 Å². The van der Waals surface area contributed by atoms with Gasteiger partial charge in [-0.05, 0) is 58.1 Å². The summed E-state index contributed by atoms with van der Waals surface area (Å²) in [7, 11) is 1.45. The van der Waals surface area contributed by atoms with Crippen LogP contribution >= 0.6 is 30.1 Å². The van der Waals surface area contributed by atoms with Gasteiger partial charge in [0.05, 0.1) is 36.0 Å². The summed E-state index contributed by atoms with van der Waals surface area (Å²) in [6, 6.07) is 4.98. The maximum atomic E-state index is 12.8. The van der Waals surface area contributed by atoms with E-state index < -0.39 is 17.6 Å². The van der Waals surface area contributed by atoms with E-state index in [9.17, 15) is 22.8 Å². The molecule has 4 rings (SSSR count). The summed E-state index contributed by atoms with van der Waals surface area (Å²) in [5, 5.41) is 12.7. The highest BCUT2D eigenvalue weighted by molar-refractivity contribution is 14.2. The summed E-state index contributed by atoms with van der Waals surface area (Å²) in [5.41, 5.74) is -0.117. The molecule has 1 aromatic heterocycles. The molecule has 2 aliphatic rings. The molecular weight excluding hydrogens is 606 g/mol. The van der Waals surface area contributed by atoms with Crippen molar-refractivity contribution in [2.75, 3.05) is 19.6 Å². The van der Waals surface area contributed by atoms with Crippen LogP contribution in [0, 0.1) is 11.2 Å². The average molecular weight is 631 g/mol. The van der Waals surface area contributed by atoms with E-state index >= 15 is 0 Å². The number of alkyl halides is 3. The Bertz CT molecular complexity index is 1150. The molecule has 12 heteroatoms. The third-order valence-corrected chi connectivity index (χ3v) is 7.37. The van der Waals surface area contributed by atoms with Gasteiger partial charge in [0.15, 0.2) is 0 Å². The fourth-order valence-electron chi connectivity index (χ4n) is 4.65. The lowest BCUT2D eigenvalue weighted by molar-refractivity contribution is -0.137. The number of benzene rings is 1. The van der Waals surface area contributed by atoms with E-state index in [1.54, 1.807) is 6.20 Å². The quantitative estimate of drug-likeness (QED) is 0.373. The van der Waals surface area contributed by atoms with Gasteiger partial charge >= 0.3 is 6.18 Å². The Kier molecular flexibility index (Phi) is 8.84. The minimum atomic E-state index is -4.53. The van der Waals surface area contributed by atoms with Crippen molar-refractivity contribution in [3.63, 3.8) is 0 Å². The van der Waals surface area contributed by atoms with E-state index in [1.165, 1.54) is 21.1 Å². The van der Waals surface area contributed by atoms with Gasteiger partial charge in [-0.1, -0.05) is 12.0 Å². The van der Waals surface area contributed by atoms with Crippen LogP contribution in [0.3, 0.4) is 0 Å². The summed E-state index contributed by atoms with van der Waals surface area (Å²) >= 11 is 2.14. The normalized spacial score (nSPS) is 20.7. The molecule has 1 saturated heterocycles. The Labute approximate surface area is 223 Å². The van der Waals surface area contributed by atoms with Crippen LogP contribution in [-0.2, 0) is 11.0 Å². The summed E-state index contributed by atoms with van der Waals surface area (Å²) in [4.78, 5) is 26.7. The van der Waals surface area contributed by atoms with E-state index in [0.29, 0.717) is 12.1 Å². The van der Waals surface area contributed by atoms with E-state index in [-0.39, 0.29) is 24.1 Å². The van der Waals surface area contributed by atoms with Gasteiger partial charge in [-0.15, -0.1) is 0 Å². The lowest BCUT2D eigenvalue weighted by Crippen LogP contribution is -2.63. The predicted octanol–water partition coefficient (Wildman–Crippen LogP) is 4.01. The number of hydrogen-bond acceptors (Lipinski definition) is 5. The van der Waals surface area contributed by atoms with Crippen LogP contribution in [0.5, 0.6) is 0 Å². The number of aromatic nitrogens is 2. The zero-order chi connectivity index (χ0) is 25.7. The van der Waals surface area contributed by atoms with Crippen molar-refractivity contribution in [2.24, 2.45) is 0 Å². The molecule has 0 bridgehead atoms.